The minimum atomic E-state index is -0.481. The van der Waals surface area contributed by atoms with Gasteiger partial charge in [0.25, 0.3) is 11.6 Å². The number of furan rings is 1. The lowest BCUT2D eigenvalue weighted by Crippen LogP contribution is -2.30. The van der Waals surface area contributed by atoms with E-state index in [1.54, 1.807) is 37.5 Å². The number of benzene rings is 2. The normalized spacial score (nSPS) is 10.4. The molecular formula is C19H16N2O4. The van der Waals surface area contributed by atoms with E-state index in [9.17, 15) is 14.9 Å². The molecule has 0 aliphatic rings. The Bertz CT molecular complexity index is 889. The first-order chi connectivity index (χ1) is 12.1. The molecule has 0 unspecified atom stereocenters. The van der Waals surface area contributed by atoms with Gasteiger partial charge < -0.3 is 9.32 Å². The van der Waals surface area contributed by atoms with Gasteiger partial charge in [-0.25, -0.2) is 0 Å². The van der Waals surface area contributed by atoms with Crippen molar-refractivity contribution in [3.8, 4) is 0 Å². The van der Waals surface area contributed by atoms with Crippen LogP contribution in [0.4, 0.5) is 11.4 Å². The highest BCUT2D eigenvalue weighted by atomic mass is 16.6. The average molecular weight is 336 g/mol. The topological polar surface area (TPSA) is 76.6 Å². The first kappa shape index (κ1) is 16.4. The number of carbonyl (C=O) groups is 1. The highest BCUT2D eigenvalue weighted by Gasteiger charge is 2.22. The van der Waals surface area contributed by atoms with E-state index < -0.39 is 4.92 Å². The molecule has 0 radical (unpaired) electrons. The molecule has 0 bridgehead atoms. The van der Waals surface area contributed by atoms with Crippen LogP contribution in [-0.2, 0) is 6.54 Å². The zero-order valence-electron chi connectivity index (χ0n) is 13.6. The predicted molar refractivity (Wildman–Crippen MR) is 93.5 cm³/mol. The molecule has 0 saturated carbocycles. The summed E-state index contributed by atoms with van der Waals surface area (Å²) in [5.74, 6) is 0.296. The molecule has 0 atom stereocenters. The van der Waals surface area contributed by atoms with Crippen molar-refractivity contribution in [2.24, 2.45) is 0 Å². The second-order valence-corrected chi connectivity index (χ2v) is 5.56. The van der Waals surface area contributed by atoms with Crippen molar-refractivity contribution in [1.29, 1.82) is 0 Å². The van der Waals surface area contributed by atoms with Crippen molar-refractivity contribution in [1.82, 2.24) is 0 Å². The third kappa shape index (κ3) is 3.58. The summed E-state index contributed by atoms with van der Waals surface area (Å²) in [5, 5.41) is 11.2. The summed E-state index contributed by atoms with van der Waals surface area (Å²) in [6, 6.07) is 17.2. The third-order valence-electron chi connectivity index (χ3n) is 3.86. The van der Waals surface area contributed by atoms with E-state index in [1.807, 2.05) is 30.3 Å². The average Bonchev–Trinajstić information content (AvgIpc) is 3.13. The number of hydrogen-bond donors (Lipinski definition) is 0. The molecule has 3 rings (SSSR count). The van der Waals surface area contributed by atoms with Crippen LogP contribution in [0.2, 0.25) is 0 Å². The van der Waals surface area contributed by atoms with Crippen molar-refractivity contribution in [2.75, 3.05) is 4.90 Å². The van der Waals surface area contributed by atoms with Gasteiger partial charge in [0, 0.05) is 22.9 Å². The summed E-state index contributed by atoms with van der Waals surface area (Å²) >= 11 is 0. The highest BCUT2D eigenvalue weighted by molar-refractivity contribution is 6.06. The lowest BCUT2D eigenvalue weighted by molar-refractivity contribution is -0.385. The summed E-state index contributed by atoms with van der Waals surface area (Å²) in [6.07, 6.45) is 1.54. The Labute approximate surface area is 144 Å². The summed E-state index contributed by atoms with van der Waals surface area (Å²) in [6.45, 7) is 1.88. The maximum absolute atomic E-state index is 13.0. The maximum atomic E-state index is 13.0. The Hall–Kier alpha value is -3.41. The number of nitro groups is 1. The lowest BCUT2D eigenvalue weighted by atomic mass is 10.1. The molecule has 1 amide bonds. The third-order valence-corrected chi connectivity index (χ3v) is 3.86. The van der Waals surface area contributed by atoms with Crippen LogP contribution in [0.3, 0.4) is 0 Å². The molecule has 126 valence electrons. The molecule has 0 aliphatic carbocycles. The van der Waals surface area contributed by atoms with Crippen LogP contribution >= 0.6 is 0 Å². The molecule has 1 heterocycles. The Kier molecular flexibility index (Phi) is 4.61. The molecular weight excluding hydrogens is 320 g/mol. The second kappa shape index (κ2) is 7.00. The number of rotatable bonds is 5. The summed E-state index contributed by atoms with van der Waals surface area (Å²) < 4.78 is 5.35. The fourth-order valence-corrected chi connectivity index (χ4v) is 2.54. The van der Waals surface area contributed by atoms with Crippen LogP contribution in [0.15, 0.2) is 71.3 Å². The monoisotopic (exact) mass is 336 g/mol. The molecule has 1 aromatic heterocycles. The van der Waals surface area contributed by atoms with Crippen molar-refractivity contribution in [3.05, 3.63) is 93.9 Å². The van der Waals surface area contributed by atoms with Crippen LogP contribution in [0.1, 0.15) is 21.7 Å². The van der Waals surface area contributed by atoms with Crippen LogP contribution in [0.25, 0.3) is 0 Å². The number of aryl methyl sites for hydroxylation is 1. The van der Waals surface area contributed by atoms with Gasteiger partial charge >= 0.3 is 0 Å². The van der Waals surface area contributed by atoms with Crippen LogP contribution < -0.4 is 4.90 Å². The molecule has 25 heavy (non-hydrogen) atoms. The molecule has 6 heteroatoms. The fraction of sp³-hybridized carbons (Fsp3) is 0.105. The maximum Gasteiger partial charge on any atom is 0.273 e. The SMILES string of the molecule is Cc1ccc(C(=O)N(Cc2ccco2)c2ccccc2)cc1[N+](=O)[O-]. The van der Waals surface area contributed by atoms with Gasteiger partial charge in [0.1, 0.15) is 5.76 Å². The fourth-order valence-electron chi connectivity index (χ4n) is 2.54. The Morgan fingerprint density at radius 1 is 1.12 bits per heavy atom. The van der Waals surface area contributed by atoms with E-state index in [0.29, 0.717) is 17.0 Å². The minimum absolute atomic E-state index is 0.0724. The number of carbonyl (C=O) groups excluding carboxylic acids is 1. The molecule has 6 nitrogen and oxygen atoms in total. The molecule has 0 aliphatic heterocycles. The van der Waals surface area contributed by atoms with Crippen molar-refractivity contribution in [3.63, 3.8) is 0 Å². The number of anilines is 1. The minimum Gasteiger partial charge on any atom is -0.467 e. The van der Waals surface area contributed by atoms with Gasteiger partial charge in [-0.1, -0.05) is 24.3 Å². The summed E-state index contributed by atoms with van der Waals surface area (Å²) in [7, 11) is 0. The highest BCUT2D eigenvalue weighted by Crippen LogP contribution is 2.24. The number of nitro benzene ring substituents is 1. The van der Waals surface area contributed by atoms with Crippen molar-refractivity contribution < 1.29 is 14.1 Å². The molecule has 2 aromatic carbocycles. The van der Waals surface area contributed by atoms with Gasteiger partial charge in [-0.2, -0.15) is 0 Å². The van der Waals surface area contributed by atoms with Crippen molar-refractivity contribution in [2.45, 2.75) is 13.5 Å². The van der Waals surface area contributed by atoms with E-state index in [1.165, 1.54) is 11.0 Å². The van der Waals surface area contributed by atoms with Crippen LogP contribution in [0, 0.1) is 17.0 Å². The molecule has 0 fully saturated rings. The van der Waals surface area contributed by atoms with Crippen LogP contribution in [0.5, 0.6) is 0 Å². The van der Waals surface area contributed by atoms with E-state index >= 15 is 0 Å². The number of nitrogens with zero attached hydrogens (tertiary/aromatic N) is 2. The summed E-state index contributed by atoms with van der Waals surface area (Å²) in [5.41, 5.74) is 1.38. The van der Waals surface area contributed by atoms with Gasteiger partial charge in [0.05, 0.1) is 17.7 Å². The van der Waals surface area contributed by atoms with E-state index in [4.69, 9.17) is 4.42 Å². The zero-order valence-corrected chi connectivity index (χ0v) is 13.6. The van der Waals surface area contributed by atoms with E-state index in [0.717, 1.165) is 0 Å². The Balaban J connectivity index is 1.99. The van der Waals surface area contributed by atoms with Gasteiger partial charge in [-0.15, -0.1) is 0 Å². The Morgan fingerprint density at radius 2 is 1.88 bits per heavy atom. The first-order valence-electron chi connectivity index (χ1n) is 7.70. The molecule has 0 saturated heterocycles. The number of amides is 1. The Morgan fingerprint density at radius 3 is 2.52 bits per heavy atom. The van der Waals surface area contributed by atoms with Crippen LogP contribution in [-0.4, -0.2) is 10.8 Å². The standard InChI is InChI=1S/C19H16N2O4/c1-14-9-10-15(12-18(14)21(23)24)19(22)20(13-17-8-5-11-25-17)16-6-3-2-4-7-16/h2-12H,13H2,1H3. The smallest absolute Gasteiger partial charge is 0.273 e. The predicted octanol–water partition coefficient (Wildman–Crippen LogP) is 4.34. The largest absolute Gasteiger partial charge is 0.467 e. The second-order valence-electron chi connectivity index (χ2n) is 5.56. The lowest BCUT2D eigenvalue weighted by Gasteiger charge is -2.22. The first-order valence-corrected chi connectivity index (χ1v) is 7.70. The molecule has 0 spiro atoms. The van der Waals surface area contributed by atoms with E-state index in [2.05, 4.69) is 0 Å². The van der Waals surface area contributed by atoms with Gasteiger partial charge in [-0.3, -0.25) is 14.9 Å². The van der Waals surface area contributed by atoms with Gasteiger partial charge in [0.15, 0.2) is 0 Å². The van der Waals surface area contributed by atoms with Gasteiger partial charge in [-0.05, 0) is 37.3 Å². The quantitative estimate of drug-likeness (QED) is 0.513. The summed E-state index contributed by atoms with van der Waals surface area (Å²) in [4.78, 5) is 25.2. The zero-order chi connectivity index (χ0) is 17.8. The van der Waals surface area contributed by atoms with Crippen molar-refractivity contribution >= 4 is 17.3 Å². The van der Waals surface area contributed by atoms with E-state index in [-0.39, 0.29) is 23.7 Å². The number of para-hydroxylation sites is 1. The van der Waals surface area contributed by atoms with Gasteiger partial charge in [0.2, 0.25) is 0 Å². The number of hydrogen-bond acceptors (Lipinski definition) is 4. The molecule has 0 N–H and O–H groups in total. The molecule has 3 aromatic rings.